The molecule has 1 fully saturated rings. The standard InChI is InChI=1S/C13H19N3O5/c17-5-6-21-10-1-3-16(4-2-10)12(19)8-9-7-11(18)15-13(20)14-9/h7,10,17H,1-6,8H2,(H2,14,15,18,20). The van der Waals surface area contributed by atoms with Gasteiger partial charge in [0, 0.05) is 24.8 Å². The Morgan fingerprint density at radius 2 is 2.05 bits per heavy atom. The summed E-state index contributed by atoms with van der Waals surface area (Å²) < 4.78 is 5.43. The van der Waals surface area contributed by atoms with Crippen LogP contribution < -0.4 is 11.2 Å². The third-order valence-electron chi connectivity index (χ3n) is 3.40. The largest absolute Gasteiger partial charge is 0.394 e. The van der Waals surface area contributed by atoms with Crippen LogP contribution in [0.15, 0.2) is 15.7 Å². The van der Waals surface area contributed by atoms with E-state index in [4.69, 9.17) is 9.84 Å². The number of hydrogen-bond acceptors (Lipinski definition) is 5. The molecule has 2 rings (SSSR count). The highest BCUT2D eigenvalue weighted by molar-refractivity contribution is 5.78. The molecule has 0 bridgehead atoms. The Balaban J connectivity index is 1.87. The second kappa shape index (κ2) is 7.19. The Labute approximate surface area is 120 Å². The summed E-state index contributed by atoms with van der Waals surface area (Å²) in [5, 5.41) is 8.70. The van der Waals surface area contributed by atoms with Crippen LogP contribution in [0.2, 0.25) is 0 Å². The van der Waals surface area contributed by atoms with Gasteiger partial charge in [0.15, 0.2) is 0 Å². The van der Waals surface area contributed by atoms with Gasteiger partial charge in [0.2, 0.25) is 5.91 Å². The van der Waals surface area contributed by atoms with E-state index in [0.717, 1.165) is 12.8 Å². The summed E-state index contributed by atoms with van der Waals surface area (Å²) in [5.74, 6) is -0.128. The van der Waals surface area contributed by atoms with E-state index in [1.165, 1.54) is 6.07 Å². The normalized spacial score (nSPS) is 16.1. The zero-order valence-electron chi connectivity index (χ0n) is 11.6. The first kappa shape index (κ1) is 15.5. The smallest absolute Gasteiger partial charge is 0.325 e. The van der Waals surface area contributed by atoms with Gasteiger partial charge in [-0.15, -0.1) is 0 Å². The van der Waals surface area contributed by atoms with Crippen LogP contribution in [-0.2, 0) is 16.0 Å². The summed E-state index contributed by atoms with van der Waals surface area (Å²) in [7, 11) is 0. The number of aliphatic hydroxyl groups is 1. The molecule has 1 aromatic heterocycles. The minimum absolute atomic E-state index is 0.00131. The van der Waals surface area contributed by atoms with Crippen molar-refractivity contribution in [1.82, 2.24) is 14.9 Å². The van der Waals surface area contributed by atoms with E-state index >= 15 is 0 Å². The van der Waals surface area contributed by atoms with Crippen molar-refractivity contribution in [3.63, 3.8) is 0 Å². The first-order chi connectivity index (χ1) is 10.1. The molecule has 1 saturated heterocycles. The minimum atomic E-state index is -0.610. The Morgan fingerprint density at radius 3 is 2.67 bits per heavy atom. The molecule has 0 aromatic carbocycles. The zero-order valence-corrected chi connectivity index (χ0v) is 11.6. The number of rotatable bonds is 5. The van der Waals surface area contributed by atoms with Crippen molar-refractivity contribution in [2.24, 2.45) is 0 Å². The molecule has 0 atom stereocenters. The second-order valence-electron chi connectivity index (χ2n) is 4.96. The van der Waals surface area contributed by atoms with E-state index in [9.17, 15) is 14.4 Å². The van der Waals surface area contributed by atoms with Crippen molar-refractivity contribution in [1.29, 1.82) is 0 Å². The lowest BCUT2D eigenvalue weighted by Gasteiger charge is -2.31. The SMILES string of the molecule is O=C(Cc1cc(=O)[nH]c(=O)[nH]1)N1CCC(OCCO)CC1. The van der Waals surface area contributed by atoms with Gasteiger partial charge in [-0.25, -0.2) is 4.79 Å². The van der Waals surface area contributed by atoms with Gasteiger partial charge in [-0.1, -0.05) is 0 Å². The number of aromatic nitrogens is 2. The van der Waals surface area contributed by atoms with Crippen LogP contribution in [0.3, 0.4) is 0 Å². The van der Waals surface area contributed by atoms with E-state index in [-0.39, 0.29) is 25.0 Å². The lowest BCUT2D eigenvalue weighted by molar-refractivity contribution is -0.133. The molecule has 1 aliphatic rings. The maximum absolute atomic E-state index is 12.1. The van der Waals surface area contributed by atoms with Crippen LogP contribution in [-0.4, -0.2) is 58.3 Å². The van der Waals surface area contributed by atoms with Crippen molar-refractivity contribution in [2.45, 2.75) is 25.4 Å². The number of ether oxygens (including phenoxy) is 1. The van der Waals surface area contributed by atoms with Crippen LogP contribution in [0.5, 0.6) is 0 Å². The van der Waals surface area contributed by atoms with Crippen LogP contribution in [0.4, 0.5) is 0 Å². The Morgan fingerprint density at radius 1 is 1.33 bits per heavy atom. The molecule has 1 aliphatic heterocycles. The molecule has 1 amide bonds. The summed E-state index contributed by atoms with van der Waals surface area (Å²) in [6.07, 6.45) is 1.51. The fraction of sp³-hybridized carbons (Fsp3) is 0.615. The maximum atomic E-state index is 12.1. The molecule has 8 nitrogen and oxygen atoms in total. The lowest BCUT2D eigenvalue weighted by Crippen LogP contribution is -2.42. The highest BCUT2D eigenvalue weighted by atomic mass is 16.5. The summed E-state index contributed by atoms with van der Waals surface area (Å²) in [5.41, 5.74) is -0.813. The van der Waals surface area contributed by atoms with Crippen LogP contribution in [0, 0.1) is 0 Å². The topological polar surface area (TPSA) is 115 Å². The average molecular weight is 297 g/mol. The number of carbonyl (C=O) groups excluding carboxylic acids is 1. The van der Waals surface area contributed by atoms with Gasteiger partial charge in [-0.3, -0.25) is 14.6 Å². The van der Waals surface area contributed by atoms with Crippen LogP contribution >= 0.6 is 0 Å². The number of piperidine rings is 1. The molecule has 1 aromatic rings. The number of aromatic amines is 2. The summed E-state index contributed by atoms with van der Waals surface area (Å²) in [6, 6.07) is 1.22. The summed E-state index contributed by atoms with van der Waals surface area (Å²) in [4.78, 5) is 40.6. The molecule has 3 N–H and O–H groups in total. The van der Waals surface area contributed by atoms with E-state index in [1.807, 2.05) is 0 Å². The molecule has 2 heterocycles. The zero-order chi connectivity index (χ0) is 15.2. The molecule has 0 unspecified atom stereocenters. The molecule has 0 saturated carbocycles. The van der Waals surface area contributed by atoms with Gasteiger partial charge in [0.25, 0.3) is 5.56 Å². The number of nitrogens with one attached hydrogen (secondary N) is 2. The molecule has 8 heteroatoms. The number of aliphatic hydroxyl groups excluding tert-OH is 1. The van der Waals surface area contributed by atoms with Crippen molar-refractivity contribution in [3.05, 3.63) is 32.6 Å². The first-order valence-electron chi connectivity index (χ1n) is 6.91. The highest BCUT2D eigenvalue weighted by Gasteiger charge is 2.23. The van der Waals surface area contributed by atoms with Crippen molar-refractivity contribution in [2.75, 3.05) is 26.3 Å². The Hall–Kier alpha value is -1.93. The highest BCUT2D eigenvalue weighted by Crippen LogP contribution is 2.14. The van der Waals surface area contributed by atoms with Crippen LogP contribution in [0.25, 0.3) is 0 Å². The minimum Gasteiger partial charge on any atom is -0.394 e. The average Bonchev–Trinajstić information content (AvgIpc) is 2.44. The molecule has 0 aliphatic carbocycles. The number of nitrogens with zero attached hydrogens (tertiary/aromatic N) is 1. The first-order valence-corrected chi connectivity index (χ1v) is 6.91. The lowest BCUT2D eigenvalue weighted by atomic mass is 10.1. The predicted octanol–water partition coefficient (Wildman–Crippen LogP) is -1.39. The van der Waals surface area contributed by atoms with E-state index in [1.54, 1.807) is 4.90 Å². The number of carbonyl (C=O) groups is 1. The number of H-pyrrole nitrogens is 2. The molecular weight excluding hydrogens is 278 g/mol. The third kappa shape index (κ3) is 4.54. The molecule has 116 valence electrons. The predicted molar refractivity (Wildman–Crippen MR) is 74.0 cm³/mol. The second-order valence-corrected chi connectivity index (χ2v) is 4.96. The van der Waals surface area contributed by atoms with Gasteiger partial charge in [0.1, 0.15) is 0 Å². The number of amides is 1. The van der Waals surface area contributed by atoms with E-state index in [2.05, 4.69) is 9.97 Å². The van der Waals surface area contributed by atoms with Gasteiger partial charge < -0.3 is 19.7 Å². The quantitative estimate of drug-likeness (QED) is 0.618. The fourth-order valence-corrected chi connectivity index (χ4v) is 2.38. The molecule has 21 heavy (non-hydrogen) atoms. The van der Waals surface area contributed by atoms with Crippen molar-refractivity contribution < 1.29 is 14.6 Å². The number of likely N-dealkylation sites (tertiary alicyclic amines) is 1. The Kier molecular flexibility index (Phi) is 5.29. The molecule has 0 spiro atoms. The fourth-order valence-electron chi connectivity index (χ4n) is 2.38. The van der Waals surface area contributed by atoms with Crippen molar-refractivity contribution >= 4 is 5.91 Å². The van der Waals surface area contributed by atoms with Gasteiger partial charge >= 0.3 is 5.69 Å². The van der Waals surface area contributed by atoms with Crippen molar-refractivity contribution in [3.8, 4) is 0 Å². The Bertz CT molecular complexity index is 558. The van der Waals surface area contributed by atoms with Crippen LogP contribution in [0.1, 0.15) is 18.5 Å². The third-order valence-corrected chi connectivity index (χ3v) is 3.40. The van der Waals surface area contributed by atoms with Gasteiger partial charge in [-0.2, -0.15) is 0 Å². The monoisotopic (exact) mass is 297 g/mol. The molecule has 0 radical (unpaired) electrons. The summed E-state index contributed by atoms with van der Waals surface area (Å²) in [6.45, 7) is 1.45. The molecular formula is C13H19N3O5. The van der Waals surface area contributed by atoms with Gasteiger partial charge in [0.05, 0.1) is 25.7 Å². The summed E-state index contributed by atoms with van der Waals surface area (Å²) >= 11 is 0. The van der Waals surface area contributed by atoms with E-state index in [0.29, 0.717) is 25.4 Å². The number of hydrogen-bond donors (Lipinski definition) is 3. The maximum Gasteiger partial charge on any atom is 0.325 e. The van der Waals surface area contributed by atoms with E-state index < -0.39 is 11.2 Å². The van der Waals surface area contributed by atoms with Gasteiger partial charge in [-0.05, 0) is 12.8 Å².